The summed E-state index contributed by atoms with van der Waals surface area (Å²) < 4.78 is 6.54. The molecule has 4 nitrogen and oxygen atoms in total. The second kappa shape index (κ2) is 13.6. The number of rotatable bonds is 6. The molecule has 4 heteroatoms. The summed E-state index contributed by atoms with van der Waals surface area (Å²) in [6.45, 7) is 0. The molecule has 0 aliphatic carbocycles. The molecule has 0 spiro atoms. The summed E-state index contributed by atoms with van der Waals surface area (Å²) in [6, 6.07) is 69.9. The Morgan fingerprint density at radius 3 is 1.75 bits per heavy atom. The Labute approximate surface area is 329 Å². The minimum Gasteiger partial charge on any atom is -0.455 e. The van der Waals surface area contributed by atoms with Crippen LogP contribution in [0, 0.1) is 0 Å². The van der Waals surface area contributed by atoms with Gasteiger partial charge in [0.2, 0.25) is 0 Å². The second-order valence-corrected chi connectivity index (χ2v) is 14.4. The predicted octanol–water partition coefficient (Wildman–Crippen LogP) is 14.1. The van der Waals surface area contributed by atoms with Gasteiger partial charge in [-0.3, -0.25) is 0 Å². The number of hydrogen-bond donors (Lipinski definition) is 0. The van der Waals surface area contributed by atoms with E-state index in [2.05, 4.69) is 164 Å². The summed E-state index contributed by atoms with van der Waals surface area (Å²) >= 11 is 0. The molecule has 0 saturated heterocycles. The minimum atomic E-state index is 0.548. The number of furan rings is 1. The molecule has 11 rings (SSSR count). The van der Waals surface area contributed by atoms with E-state index in [9.17, 15) is 0 Å². The zero-order valence-electron chi connectivity index (χ0n) is 30.8. The van der Waals surface area contributed by atoms with E-state index >= 15 is 0 Å². The third-order valence-corrected chi connectivity index (χ3v) is 10.9. The lowest BCUT2D eigenvalue weighted by Crippen LogP contribution is -2.01. The van der Waals surface area contributed by atoms with Crippen molar-refractivity contribution in [3.63, 3.8) is 0 Å². The topological polar surface area (TPSA) is 51.8 Å². The fraction of sp³-hybridized carbons (Fsp3) is 0. The summed E-state index contributed by atoms with van der Waals surface area (Å²) in [4.78, 5) is 15.8. The van der Waals surface area contributed by atoms with E-state index in [1.165, 1.54) is 21.5 Å². The van der Waals surface area contributed by atoms with Gasteiger partial charge in [0.25, 0.3) is 0 Å². The first-order chi connectivity index (χ1) is 28.2. The molecule has 0 unspecified atom stereocenters. The van der Waals surface area contributed by atoms with Gasteiger partial charge in [-0.2, -0.15) is 0 Å². The Kier molecular flexibility index (Phi) is 7.78. The monoisotopic (exact) mass is 727 g/mol. The Morgan fingerprint density at radius 1 is 0.298 bits per heavy atom. The first-order valence-electron chi connectivity index (χ1n) is 19.2. The van der Waals surface area contributed by atoms with Crippen LogP contribution < -0.4 is 0 Å². The number of para-hydroxylation sites is 2. The van der Waals surface area contributed by atoms with Crippen molar-refractivity contribution in [1.29, 1.82) is 0 Å². The van der Waals surface area contributed by atoms with Crippen molar-refractivity contribution in [3.05, 3.63) is 200 Å². The van der Waals surface area contributed by atoms with Crippen LogP contribution in [0.15, 0.2) is 205 Å². The van der Waals surface area contributed by atoms with Crippen molar-refractivity contribution in [2.75, 3.05) is 0 Å². The fourth-order valence-corrected chi connectivity index (χ4v) is 8.20. The molecule has 0 fully saturated rings. The Hall–Kier alpha value is -7.69. The quantitative estimate of drug-likeness (QED) is 0.160. The summed E-state index contributed by atoms with van der Waals surface area (Å²) in [6.07, 6.45) is 0. The molecule has 0 radical (unpaired) electrons. The Balaban J connectivity index is 1.15. The molecule has 0 atom stereocenters. The largest absolute Gasteiger partial charge is 0.455 e. The Morgan fingerprint density at radius 2 is 0.895 bits per heavy atom. The summed E-state index contributed by atoms with van der Waals surface area (Å²) in [7, 11) is 0. The lowest BCUT2D eigenvalue weighted by atomic mass is 9.93. The highest BCUT2D eigenvalue weighted by Gasteiger charge is 2.20. The van der Waals surface area contributed by atoms with Crippen LogP contribution in [-0.2, 0) is 0 Å². The molecule has 11 aromatic rings. The molecule has 0 aliphatic heterocycles. The molecule has 9 aromatic carbocycles. The van der Waals surface area contributed by atoms with Crippen molar-refractivity contribution in [2.45, 2.75) is 0 Å². The van der Waals surface area contributed by atoms with Crippen LogP contribution in [0.1, 0.15) is 0 Å². The van der Waals surface area contributed by atoms with E-state index in [1.807, 2.05) is 36.4 Å². The average molecular weight is 728 g/mol. The molecular formula is C53H33N3O. The van der Waals surface area contributed by atoms with Crippen LogP contribution in [0.4, 0.5) is 0 Å². The Bertz CT molecular complexity index is 3300. The number of nitrogens with zero attached hydrogens (tertiary/aromatic N) is 3. The van der Waals surface area contributed by atoms with Crippen LogP contribution in [0.5, 0.6) is 0 Å². The SMILES string of the molecule is c1ccc(-c2ccc(-c3nc(-c4cccc(-c5cccc6ccc7ccccc7c56)c4)nc(-c4cccc5c4oc4ccccc45)n3)c(-c3ccccc3)c2)cc1. The van der Waals surface area contributed by atoms with E-state index < -0.39 is 0 Å². The van der Waals surface area contributed by atoms with Gasteiger partial charge in [-0.15, -0.1) is 0 Å². The first-order valence-corrected chi connectivity index (χ1v) is 19.2. The molecule has 2 heterocycles. The van der Waals surface area contributed by atoms with Crippen LogP contribution in [0.3, 0.4) is 0 Å². The normalized spacial score (nSPS) is 11.5. The van der Waals surface area contributed by atoms with Crippen LogP contribution in [0.2, 0.25) is 0 Å². The zero-order valence-corrected chi connectivity index (χ0v) is 30.8. The van der Waals surface area contributed by atoms with Crippen molar-refractivity contribution < 1.29 is 4.42 Å². The van der Waals surface area contributed by atoms with Gasteiger partial charge < -0.3 is 4.42 Å². The van der Waals surface area contributed by atoms with Gasteiger partial charge in [-0.1, -0.05) is 170 Å². The molecule has 2 aromatic heterocycles. The van der Waals surface area contributed by atoms with Gasteiger partial charge in [-0.25, -0.2) is 15.0 Å². The van der Waals surface area contributed by atoms with E-state index in [1.54, 1.807) is 0 Å². The van der Waals surface area contributed by atoms with Crippen molar-refractivity contribution in [2.24, 2.45) is 0 Å². The maximum absolute atomic E-state index is 6.54. The molecule has 0 amide bonds. The number of fused-ring (bicyclic) bond motifs is 6. The van der Waals surface area contributed by atoms with Gasteiger partial charge in [0.05, 0.1) is 5.56 Å². The van der Waals surface area contributed by atoms with E-state index in [0.29, 0.717) is 17.5 Å². The van der Waals surface area contributed by atoms with Gasteiger partial charge in [0.15, 0.2) is 17.5 Å². The van der Waals surface area contributed by atoms with Crippen LogP contribution in [0.25, 0.3) is 111 Å². The molecule has 57 heavy (non-hydrogen) atoms. The van der Waals surface area contributed by atoms with Crippen LogP contribution >= 0.6 is 0 Å². The van der Waals surface area contributed by atoms with E-state index in [-0.39, 0.29) is 0 Å². The lowest BCUT2D eigenvalue weighted by Gasteiger charge is -2.15. The first kappa shape index (κ1) is 32.7. The third kappa shape index (κ3) is 5.74. The van der Waals surface area contributed by atoms with Gasteiger partial charge in [0, 0.05) is 21.9 Å². The minimum absolute atomic E-state index is 0.548. The highest BCUT2D eigenvalue weighted by molar-refractivity contribution is 6.14. The highest BCUT2D eigenvalue weighted by atomic mass is 16.3. The van der Waals surface area contributed by atoms with E-state index in [4.69, 9.17) is 19.4 Å². The highest BCUT2D eigenvalue weighted by Crippen LogP contribution is 2.40. The summed E-state index contributed by atoms with van der Waals surface area (Å²) in [5, 5.41) is 6.95. The third-order valence-electron chi connectivity index (χ3n) is 10.9. The van der Waals surface area contributed by atoms with Crippen molar-refractivity contribution in [3.8, 4) is 67.5 Å². The average Bonchev–Trinajstić information content (AvgIpc) is 3.68. The molecule has 266 valence electrons. The number of benzene rings is 9. The fourth-order valence-electron chi connectivity index (χ4n) is 8.20. The van der Waals surface area contributed by atoms with Gasteiger partial charge in [-0.05, 0) is 85.3 Å². The lowest BCUT2D eigenvalue weighted by molar-refractivity contribution is 0.669. The molecule has 0 bridgehead atoms. The summed E-state index contributed by atoms with van der Waals surface area (Å²) in [5.41, 5.74) is 10.8. The van der Waals surface area contributed by atoms with Gasteiger partial charge in [0.1, 0.15) is 11.2 Å². The second-order valence-electron chi connectivity index (χ2n) is 14.4. The maximum Gasteiger partial charge on any atom is 0.167 e. The number of aromatic nitrogens is 3. The molecule has 0 saturated carbocycles. The zero-order chi connectivity index (χ0) is 37.7. The smallest absolute Gasteiger partial charge is 0.167 e. The summed E-state index contributed by atoms with van der Waals surface area (Å²) in [5.74, 6) is 1.72. The van der Waals surface area contributed by atoms with Crippen molar-refractivity contribution >= 4 is 43.5 Å². The predicted molar refractivity (Wildman–Crippen MR) is 235 cm³/mol. The van der Waals surface area contributed by atoms with E-state index in [0.717, 1.165) is 72.0 Å². The maximum atomic E-state index is 6.54. The van der Waals surface area contributed by atoms with Crippen LogP contribution in [-0.4, -0.2) is 15.0 Å². The van der Waals surface area contributed by atoms with Gasteiger partial charge >= 0.3 is 0 Å². The molecule has 0 aliphatic rings. The number of hydrogen-bond acceptors (Lipinski definition) is 4. The molecule has 0 N–H and O–H groups in total. The standard InChI is InChI=1S/C53H33N3O/c1-3-14-34(15-4-1)38-30-31-45(47(33-38)35-16-5-2-6-17-35)52-54-51(55-53(56-52)46-26-13-25-44-43-23-9-10-27-48(43)57-50(44)46)40-21-11-20-39(32-40)42-24-12-19-37-29-28-36-18-7-8-22-41(36)49(37)42/h1-33H. The molecular weight excluding hydrogens is 695 g/mol. The van der Waals surface area contributed by atoms with Crippen molar-refractivity contribution in [1.82, 2.24) is 15.0 Å².